The van der Waals surface area contributed by atoms with Gasteiger partial charge in [-0.05, 0) is 37.6 Å². The molecule has 144 valence electrons. The van der Waals surface area contributed by atoms with Crippen molar-refractivity contribution >= 4 is 11.8 Å². The van der Waals surface area contributed by atoms with E-state index in [9.17, 15) is 9.59 Å². The second kappa shape index (κ2) is 8.86. The summed E-state index contributed by atoms with van der Waals surface area (Å²) in [5, 5.41) is 0. The molecule has 0 aliphatic carbocycles. The predicted molar refractivity (Wildman–Crippen MR) is 103 cm³/mol. The lowest BCUT2D eigenvalue weighted by atomic mass is 10.2. The Morgan fingerprint density at radius 1 is 1.04 bits per heavy atom. The van der Waals surface area contributed by atoms with E-state index in [1.165, 1.54) is 0 Å². The van der Waals surface area contributed by atoms with Gasteiger partial charge >= 0.3 is 0 Å². The first-order valence-electron chi connectivity index (χ1n) is 9.39. The number of carbonyl (C=O) groups excluding carboxylic acids is 2. The van der Waals surface area contributed by atoms with Crippen LogP contribution in [0.2, 0.25) is 0 Å². The van der Waals surface area contributed by atoms with Gasteiger partial charge in [0.1, 0.15) is 11.5 Å². The molecule has 6 nitrogen and oxygen atoms in total. The van der Waals surface area contributed by atoms with E-state index in [0.29, 0.717) is 26.2 Å². The van der Waals surface area contributed by atoms with Crippen LogP contribution in [0.15, 0.2) is 46.9 Å². The molecule has 1 fully saturated rings. The van der Waals surface area contributed by atoms with E-state index in [-0.39, 0.29) is 11.8 Å². The summed E-state index contributed by atoms with van der Waals surface area (Å²) in [5.74, 6) is 1.77. The molecule has 1 aromatic carbocycles. The molecule has 6 heteroatoms. The van der Waals surface area contributed by atoms with Gasteiger partial charge in [-0.15, -0.1) is 0 Å². The van der Waals surface area contributed by atoms with Gasteiger partial charge in [0.15, 0.2) is 0 Å². The standard InChI is InChI=1S/C21H27N3O3/c1-17-9-10-19(27-17)15-22(2)20(25)16-23-11-6-12-24(14-13-23)21(26)18-7-4-3-5-8-18/h3-5,7-10H,6,11-16H2,1-2H3. The van der Waals surface area contributed by atoms with Gasteiger partial charge in [-0.2, -0.15) is 0 Å². The third-order valence-corrected chi connectivity index (χ3v) is 4.87. The number of furan rings is 1. The molecule has 1 aliphatic rings. The zero-order chi connectivity index (χ0) is 19.2. The van der Waals surface area contributed by atoms with Gasteiger partial charge in [0.2, 0.25) is 5.91 Å². The second-order valence-corrected chi connectivity index (χ2v) is 7.05. The highest BCUT2D eigenvalue weighted by molar-refractivity contribution is 5.94. The summed E-state index contributed by atoms with van der Waals surface area (Å²) in [5.41, 5.74) is 0.718. The lowest BCUT2D eigenvalue weighted by Gasteiger charge is -2.24. The lowest BCUT2D eigenvalue weighted by molar-refractivity contribution is -0.131. The lowest BCUT2D eigenvalue weighted by Crippen LogP contribution is -2.40. The molecule has 3 rings (SSSR count). The van der Waals surface area contributed by atoms with Gasteiger partial charge in [0, 0.05) is 38.8 Å². The molecule has 2 aromatic rings. The monoisotopic (exact) mass is 369 g/mol. The molecule has 1 saturated heterocycles. The number of aryl methyl sites for hydroxylation is 1. The first-order chi connectivity index (χ1) is 13.0. The average molecular weight is 369 g/mol. The molecular weight excluding hydrogens is 342 g/mol. The molecule has 2 amide bonds. The summed E-state index contributed by atoms with van der Waals surface area (Å²) in [7, 11) is 1.79. The van der Waals surface area contributed by atoms with Crippen LogP contribution >= 0.6 is 0 Å². The summed E-state index contributed by atoms with van der Waals surface area (Å²) in [6.07, 6.45) is 0.868. The van der Waals surface area contributed by atoms with Crippen LogP contribution in [0.5, 0.6) is 0 Å². The number of rotatable bonds is 5. The van der Waals surface area contributed by atoms with Crippen LogP contribution in [-0.4, -0.2) is 66.3 Å². The third-order valence-electron chi connectivity index (χ3n) is 4.87. The normalized spacial score (nSPS) is 15.4. The number of likely N-dealkylation sites (N-methyl/N-ethyl adjacent to an activating group) is 1. The predicted octanol–water partition coefficient (Wildman–Crippen LogP) is 2.39. The average Bonchev–Trinajstić information content (AvgIpc) is 2.94. The Hall–Kier alpha value is -2.60. The first kappa shape index (κ1) is 19.2. The molecule has 27 heavy (non-hydrogen) atoms. The first-order valence-corrected chi connectivity index (χ1v) is 9.39. The Kier molecular flexibility index (Phi) is 6.29. The Morgan fingerprint density at radius 2 is 1.81 bits per heavy atom. The van der Waals surface area contributed by atoms with Crippen molar-refractivity contribution in [2.75, 3.05) is 39.8 Å². The minimum absolute atomic E-state index is 0.0619. The number of nitrogens with zero attached hydrogens (tertiary/aromatic N) is 3. The van der Waals surface area contributed by atoms with E-state index in [1.807, 2.05) is 54.3 Å². The number of amides is 2. The van der Waals surface area contributed by atoms with Crippen molar-refractivity contribution in [1.29, 1.82) is 0 Å². The zero-order valence-corrected chi connectivity index (χ0v) is 16.1. The highest BCUT2D eigenvalue weighted by atomic mass is 16.3. The fourth-order valence-corrected chi connectivity index (χ4v) is 3.30. The summed E-state index contributed by atoms with van der Waals surface area (Å²) in [4.78, 5) is 30.9. The van der Waals surface area contributed by atoms with Crippen LogP contribution in [0.1, 0.15) is 28.3 Å². The topological polar surface area (TPSA) is 57.0 Å². The highest BCUT2D eigenvalue weighted by Crippen LogP contribution is 2.11. The molecule has 1 aromatic heterocycles. The summed E-state index contributed by atoms with van der Waals surface area (Å²) >= 11 is 0. The van der Waals surface area contributed by atoms with Crippen LogP contribution in [0.3, 0.4) is 0 Å². The van der Waals surface area contributed by atoms with Gasteiger partial charge < -0.3 is 14.2 Å². The molecule has 0 spiro atoms. The van der Waals surface area contributed by atoms with Crippen molar-refractivity contribution in [3.8, 4) is 0 Å². The largest absolute Gasteiger partial charge is 0.464 e. The van der Waals surface area contributed by atoms with Gasteiger partial charge in [-0.1, -0.05) is 18.2 Å². The number of carbonyl (C=O) groups is 2. The molecule has 0 unspecified atom stereocenters. The van der Waals surface area contributed by atoms with E-state index in [4.69, 9.17) is 4.42 Å². The van der Waals surface area contributed by atoms with E-state index >= 15 is 0 Å². The van der Waals surface area contributed by atoms with Gasteiger partial charge in [-0.25, -0.2) is 0 Å². The number of hydrogen-bond donors (Lipinski definition) is 0. The minimum atomic E-state index is 0.0619. The minimum Gasteiger partial charge on any atom is -0.464 e. The Labute approximate surface area is 160 Å². The summed E-state index contributed by atoms with van der Waals surface area (Å²) < 4.78 is 5.55. The van der Waals surface area contributed by atoms with Gasteiger partial charge in [0.25, 0.3) is 5.91 Å². The quantitative estimate of drug-likeness (QED) is 0.812. The van der Waals surface area contributed by atoms with Crippen LogP contribution in [0.4, 0.5) is 0 Å². The maximum atomic E-state index is 12.6. The maximum Gasteiger partial charge on any atom is 0.253 e. The van der Waals surface area contributed by atoms with Crippen molar-refractivity contribution in [2.45, 2.75) is 19.9 Å². The Balaban J connectivity index is 1.50. The van der Waals surface area contributed by atoms with Gasteiger partial charge in [0.05, 0.1) is 13.1 Å². The maximum absolute atomic E-state index is 12.6. The highest BCUT2D eigenvalue weighted by Gasteiger charge is 2.22. The molecule has 0 N–H and O–H groups in total. The molecule has 2 heterocycles. The summed E-state index contributed by atoms with van der Waals surface area (Å²) in [6, 6.07) is 13.2. The van der Waals surface area contributed by atoms with Crippen molar-refractivity contribution in [1.82, 2.24) is 14.7 Å². The van der Waals surface area contributed by atoms with Crippen LogP contribution in [0.25, 0.3) is 0 Å². The fourth-order valence-electron chi connectivity index (χ4n) is 3.30. The molecule has 1 aliphatic heterocycles. The van der Waals surface area contributed by atoms with E-state index in [0.717, 1.165) is 36.6 Å². The smallest absolute Gasteiger partial charge is 0.253 e. The van der Waals surface area contributed by atoms with Crippen molar-refractivity contribution in [3.05, 3.63) is 59.5 Å². The van der Waals surface area contributed by atoms with E-state index in [1.54, 1.807) is 11.9 Å². The second-order valence-electron chi connectivity index (χ2n) is 7.05. The fraction of sp³-hybridized carbons (Fsp3) is 0.429. The zero-order valence-electron chi connectivity index (χ0n) is 16.1. The molecule has 0 radical (unpaired) electrons. The van der Waals surface area contributed by atoms with Crippen LogP contribution < -0.4 is 0 Å². The summed E-state index contributed by atoms with van der Waals surface area (Å²) in [6.45, 7) is 5.62. The molecule has 0 bridgehead atoms. The van der Waals surface area contributed by atoms with E-state index in [2.05, 4.69) is 4.90 Å². The van der Waals surface area contributed by atoms with Crippen LogP contribution in [-0.2, 0) is 11.3 Å². The number of hydrogen-bond acceptors (Lipinski definition) is 4. The van der Waals surface area contributed by atoms with Crippen LogP contribution in [0, 0.1) is 6.92 Å². The van der Waals surface area contributed by atoms with Gasteiger partial charge in [-0.3, -0.25) is 14.5 Å². The SMILES string of the molecule is Cc1ccc(CN(C)C(=O)CN2CCCN(C(=O)c3ccccc3)CC2)o1. The third kappa shape index (κ3) is 5.20. The number of benzene rings is 1. The Bertz CT molecular complexity index is 772. The molecular formula is C21H27N3O3. The molecule has 0 atom stereocenters. The van der Waals surface area contributed by atoms with E-state index < -0.39 is 0 Å². The van der Waals surface area contributed by atoms with Crippen molar-refractivity contribution in [3.63, 3.8) is 0 Å². The van der Waals surface area contributed by atoms with Crippen molar-refractivity contribution < 1.29 is 14.0 Å². The van der Waals surface area contributed by atoms with Crippen molar-refractivity contribution in [2.24, 2.45) is 0 Å². The molecule has 0 saturated carbocycles. The Morgan fingerprint density at radius 3 is 2.52 bits per heavy atom.